The Morgan fingerprint density at radius 3 is 2.86 bits per heavy atom. The first kappa shape index (κ1) is 15.9. The van der Waals surface area contributed by atoms with Gasteiger partial charge in [-0.3, -0.25) is 4.79 Å². The second-order valence-corrected chi connectivity index (χ2v) is 5.50. The van der Waals surface area contributed by atoms with Gasteiger partial charge in [-0.05, 0) is 31.1 Å². The largest absolute Gasteiger partial charge is 0.461 e. The van der Waals surface area contributed by atoms with E-state index in [1.165, 1.54) is 0 Å². The zero-order valence-electron chi connectivity index (χ0n) is 12.1. The molecule has 0 aliphatic carbocycles. The van der Waals surface area contributed by atoms with Crippen LogP contribution in [-0.4, -0.2) is 25.5 Å². The summed E-state index contributed by atoms with van der Waals surface area (Å²) in [4.78, 5) is 12.0. The molecule has 0 saturated carbocycles. The van der Waals surface area contributed by atoms with Crippen LogP contribution in [0.5, 0.6) is 0 Å². The molecule has 114 valence electrons. The third kappa shape index (κ3) is 3.57. The van der Waals surface area contributed by atoms with Crippen molar-refractivity contribution in [1.29, 1.82) is 0 Å². The summed E-state index contributed by atoms with van der Waals surface area (Å²) in [5.41, 5.74) is 0.905. The SMILES string of the molecule is CC(C(=O)NCCc1cc2ccccc2o1)C1CNC1.Cl. The predicted octanol–water partition coefficient (Wildman–Crippen LogP) is 2.37. The molecule has 4 nitrogen and oxygen atoms in total. The van der Waals surface area contributed by atoms with Gasteiger partial charge in [0.25, 0.3) is 0 Å². The normalized spacial score (nSPS) is 16.0. The van der Waals surface area contributed by atoms with Gasteiger partial charge in [-0.2, -0.15) is 0 Å². The van der Waals surface area contributed by atoms with Gasteiger partial charge in [-0.25, -0.2) is 0 Å². The van der Waals surface area contributed by atoms with Gasteiger partial charge in [-0.15, -0.1) is 12.4 Å². The van der Waals surface area contributed by atoms with E-state index in [0.717, 1.165) is 36.2 Å². The first-order chi connectivity index (χ1) is 9.74. The number of hydrogen-bond donors (Lipinski definition) is 2. The number of nitrogens with one attached hydrogen (secondary N) is 2. The van der Waals surface area contributed by atoms with Gasteiger partial charge in [0, 0.05) is 24.3 Å². The van der Waals surface area contributed by atoms with Crippen molar-refractivity contribution in [3.8, 4) is 0 Å². The average Bonchev–Trinajstić information content (AvgIpc) is 2.79. The zero-order valence-corrected chi connectivity index (χ0v) is 12.9. The van der Waals surface area contributed by atoms with Gasteiger partial charge in [0.15, 0.2) is 0 Å². The molecule has 1 aromatic carbocycles. The van der Waals surface area contributed by atoms with E-state index < -0.39 is 0 Å². The number of carbonyl (C=O) groups excluding carboxylic acids is 1. The number of rotatable bonds is 5. The summed E-state index contributed by atoms with van der Waals surface area (Å²) in [6.45, 7) is 4.54. The van der Waals surface area contributed by atoms with Crippen LogP contribution in [0.15, 0.2) is 34.7 Å². The topological polar surface area (TPSA) is 54.3 Å². The molecule has 2 heterocycles. The Kier molecular flexibility index (Phi) is 5.26. The minimum atomic E-state index is 0. The van der Waals surface area contributed by atoms with Crippen LogP contribution in [0.1, 0.15) is 12.7 Å². The zero-order chi connectivity index (χ0) is 13.9. The van der Waals surface area contributed by atoms with Crippen LogP contribution < -0.4 is 10.6 Å². The Morgan fingerprint density at radius 2 is 2.19 bits per heavy atom. The van der Waals surface area contributed by atoms with Crippen LogP contribution in [-0.2, 0) is 11.2 Å². The highest BCUT2D eigenvalue weighted by Gasteiger charge is 2.28. The highest BCUT2D eigenvalue weighted by molar-refractivity contribution is 5.85. The summed E-state index contributed by atoms with van der Waals surface area (Å²) in [5, 5.41) is 7.31. The minimum absolute atomic E-state index is 0. The number of para-hydroxylation sites is 1. The maximum atomic E-state index is 12.0. The third-order valence-corrected chi connectivity index (χ3v) is 4.08. The smallest absolute Gasteiger partial charge is 0.223 e. The molecule has 3 rings (SSSR count). The van der Waals surface area contributed by atoms with Crippen LogP contribution in [0.3, 0.4) is 0 Å². The molecule has 1 fully saturated rings. The Hall–Kier alpha value is -1.52. The van der Waals surface area contributed by atoms with Crippen LogP contribution >= 0.6 is 12.4 Å². The molecule has 1 aliphatic heterocycles. The lowest BCUT2D eigenvalue weighted by Gasteiger charge is -2.31. The van der Waals surface area contributed by atoms with Gasteiger partial charge in [-0.1, -0.05) is 25.1 Å². The van der Waals surface area contributed by atoms with E-state index >= 15 is 0 Å². The van der Waals surface area contributed by atoms with E-state index in [-0.39, 0.29) is 24.2 Å². The van der Waals surface area contributed by atoms with E-state index in [1.807, 2.05) is 37.3 Å². The van der Waals surface area contributed by atoms with Crippen LogP contribution in [0.25, 0.3) is 11.0 Å². The second kappa shape index (κ2) is 6.96. The van der Waals surface area contributed by atoms with Crippen molar-refractivity contribution in [3.05, 3.63) is 36.1 Å². The van der Waals surface area contributed by atoms with Crippen molar-refractivity contribution >= 4 is 29.3 Å². The summed E-state index contributed by atoms with van der Waals surface area (Å²) in [6, 6.07) is 10.00. The van der Waals surface area contributed by atoms with Gasteiger partial charge in [0.05, 0.1) is 0 Å². The average molecular weight is 309 g/mol. The molecule has 2 N–H and O–H groups in total. The molecule has 1 unspecified atom stereocenters. The number of amides is 1. The van der Waals surface area contributed by atoms with Crippen LogP contribution in [0, 0.1) is 11.8 Å². The van der Waals surface area contributed by atoms with E-state index in [4.69, 9.17) is 4.42 Å². The molecule has 1 aromatic heterocycles. The quantitative estimate of drug-likeness (QED) is 0.891. The number of fused-ring (bicyclic) bond motifs is 1. The summed E-state index contributed by atoms with van der Waals surface area (Å²) in [5.74, 6) is 1.64. The highest BCUT2D eigenvalue weighted by atomic mass is 35.5. The fourth-order valence-electron chi connectivity index (χ4n) is 2.51. The monoisotopic (exact) mass is 308 g/mol. The van der Waals surface area contributed by atoms with Crippen LogP contribution in [0.4, 0.5) is 0 Å². The van der Waals surface area contributed by atoms with Crippen molar-refractivity contribution in [2.75, 3.05) is 19.6 Å². The van der Waals surface area contributed by atoms with Crippen molar-refractivity contribution < 1.29 is 9.21 Å². The van der Waals surface area contributed by atoms with Crippen molar-refractivity contribution in [2.24, 2.45) is 11.8 Å². The Balaban J connectivity index is 0.00000161. The lowest BCUT2D eigenvalue weighted by atomic mass is 9.88. The van der Waals surface area contributed by atoms with Gasteiger partial charge in [0.1, 0.15) is 11.3 Å². The first-order valence-electron chi connectivity index (χ1n) is 7.20. The Bertz CT molecular complexity index is 574. The van der Waals surface area contributed by atoms with E-state index in [0.29, 0.717) is 12.5 Å². The van der Waals surface area contributed by atoms with Gasteiger partial charge < -0.3 is 15.1 Å². The fraction of sp³-hybridized carbons (Fsp3) is 0.438. The molecular formula is C16H21ClN2O2. The Labute approximate surface area is 130 Å². The molecule has 5 heteroatoms. The molecule has 1 aliphatic rings. The minimum Gasteiger partial charge on any atom is -0.461 e. The molecule has 0 spiro atoms. The maximum absolute atomic E-state index is 12.0. The molecule has 0 radical (unpaired) electrons. The number of carbonyl (C=O) groups is 1. The number of benzene rings is 1. The highest BCUT2D eigenvalue weighted by Crippen LogP contribution is 2.19. The lowest BCUT2D eigenvalue weighted by Crippen LogP contribution is -2.49. The van der Waals surface area contributed by atoms with Gasteiger partial charge >= 0.3 is 0 Å². The number of furan rings is 1. The third-order valence-electron chi connectivity index (χ3n) is 4.08. The van der Waals surface area contributed by atoms with Gasteiger partial charge in [0.2, 0.25) is 5.91 Å². The second-order valence-electron chi connectivity index (χ2n) is 5.50. The van der Waals surface area contributed by atoms with Crippen LogP contribution in [0.2, 0.25) is 0 Å². The van der Waals surface area contributed by atoms with E-state index in [1.54, 1.807) is 0 Å². The first-order valence-corrected chi connectivity index (χ1v) is 7.20. The predicted molar refractivity (Wildman–Crippen MR) is 85.7 cm³/mol. The number of halogens is 1. The van der Waals surface area contributed by atoms with Crippen molar-refractivity contribution in [3.63, 3.8) is 0 Å². The maximum Gasteiger partial charge on any atom is 0.223 e. The Morgan fingerprint density at radius 1 is 1.43 bits per heavy atom. The lowest BCUT2D eigenvalue weighted by molar-refractivity contribution is -0.126. The summed E-state index contributed by atoms with van der Waals surface area (Å²) >= 11 is 0. The molecule has 1 saturated heterocycles. The molecule has 0 bridgehead atoms. The van der Waals surface area contributed by atoms with E-state index in [2.05, 4.69) is 10.6 Å². The summed E-state index contributed by atoms with van der Waals surface area (Å²) in [7, 11) is 0. The summed E-state index contributed by atoms with van der Waals surface area (Å²) < 4.78 is 5.73. The van der Waals surface area contributed by atoms with E-state index in [9.17, 15) is 4.79 Å². The van der Waals surface area contributed by atoms with Crippen molar-refractivity contribution in [1.82, 2.24) is 10.6 Å². The molecule has 1 atom stereocenters. The fourth-order valence-corrected chi connectivity index (χ4v) is 2.51. The number of hydrogen-bond acceptors (Lipinski definition) is 3. The molecular weight excluding hydrogens is 288 g/mol. The standard InChI is InChI=1S/C16H20N2O2.ClH/c1-11(13-9-17-10-13)16(19)18-7-6-14-8-12-4-2-3-5-15(12)20-14;/h2-5,8,11,13,17H,6-7,9-10H2,1H3,(H,18,19);1H. The van der Waals surface area contributed by atoms with Crippen molar-refractivity contribution in [2.45, 2.75) is 13.3 Å². The molecule has 21 heavy (non-hydrogen) atoms. The summed E-state index contributed by atoms with van der Waals surface area (Å²) in [6.07, 6.45) is 0.732. The molecule has 2 aromatic rings. The molecule has 1 amide bonds.